The van der Waals surface area contributed by atoms with Crippen molar-refractivity contribution in [3.63, 3.8) is 0 Å². The molecule has 0 spiro atoms. The van der Waals surface area contributed by atoms with Gasteiger partial charge in [-0.25, -0.2) is 9.07 Å². The first-order chi connectivity index (χ1) is 14.7. The average molecular weight is 440 g/mol. The Balaban J connectivity index is 1.75. The smallest absolute Gasteiger partial charge is 0.274 e. The number of nitrogens with zero attached hydrogens (tertiary/aromatic N) is 3. The zero-order valence-electron chi connectivity index (χ0n) is 18.3. The summed E-state index contributed by atoms with van der Waals surface area (Å²) in [5.74, 6) is -0.220. The Labute approximate surface area is 185 Å². The van der Waals surface area contributed by atoms with E-state index < -0.39 is 0 Å². The molecule has 0 fully saturated rings. The number of hydrogen-bond acceptors (Lipinski definition) is 4. The van der Waals surface area contributed by atoms with Gasteiger partial charge in [-0.15, -0.1) is 0 Å². The van der Waals surface area contributed by atoms with Crippen LogP contribution in [0.4, 0.5) is 4.39 Å². The van der Waals surface area contributed by atoms with Crippen LogP contribution in [0, 0.1) is 5.82 Å². The topological polar surface area (TPSA) is 55.2 Å². The fourth-order valence-electron chi connectivity index (χ4n) is 3.10. The maximum Gasteiger partial charge on any atom is 0.274 e. The summed E-state index contributed by atoms with van der Waals surface area (Å²) in [4.78, 5) is 27.2. The number of hydrogen-bond donors (Lipinski definition) is 0. The summed E-state index contributed by atoms with van der Waals surface area (Å²) >= 11 is 1.37. The first-order valence-electron chi connectivity index (χ1n) is 10.1. The molecule has 0 aliphatic carbocycles. The summed E-state index contributed by atoms with van der Waals surface area (Å²) in [6, 6.07) is 15.5. The monoisotopic (exact) mass is 439 g/mol. The van der Waals surface area contributed by atoms with E-state index in [4.69, 9.17) is 0 Å². The minimum atomic E-state index is -0.370. The Morgan fingerprint density at radius 3 is 2.26 bits per heavy atom. The molecule has 3 aromatic rings. The molecule has 0 radical (unpaired) electrons. The second kappa shape index (κ2) is 9.47. The second-order valence-electron chi connectivity index (χ2n) is 7.79. The lowest BCUT2D eigenvalue weighted by molar-refractivity contribution is 0.0733. The number of aryl methyl sites for hydroxylation is 1. The second-order valence-corrected chi connectivity index (χ2v) is 8.90. The van der Waals surface area contributed by atoms with Crippen LogP contribution in [-0.2, 0) is 7.05 Å². The van der Waals surface area contributed by atoms with Crippen LogP contribution in [0.3, 0.4) is 0 Å². The molecular weight excluding hydrogens is 413 g/mol. The number of benzene rings is 2. The van der Waals surface area contributed by atoms with Gasteiger partial charge in [0.1, 0.15) is 11.5 Å². The number of rotatable bonds is 6. The molecule has 162 valence electrons. The summed E-state index contributed by atoms with van der Waals surface area (Å²) in [6.07, 6.45) is 0. The number of carbonyl (C=O) groups is 1. The highest BCUT2D eigenvalue weighted by Gasteiger charge is 2.21. The predicted molar refractivity (Wildman–Crippen MR) is 121 cm³/mol. The molecule has 31 heavy (non-hydrogen) atoms. The van der Waals surface area contributed by atoms with Crippen molar-refractivity contribution in [2.24, 2.45) is 7.05 Å². The molecule has 1 unspecified atom stereocenters. The van der Waals surface area contributed by atoms with E-state index in [1.54, 1.807) is 13.1 Å². The van der Waals surface area contributed by atoms with Crippen LogP contribution in [0.15, 0.2) is 69.2 Å². The molecule has 0 N–H and O–H groups in total. The van der Waals surface area contributed by atoms with Gasteiger partial charge in [0, 0.05) is 30.0 Å². The maximum absolute atomic E-state index is 14.8. The van der Waals surface area contributed by atoms with Crippen LogP contribution < -0.4 is 5.56 Å². The van der Waals surface area contributed by atoms with Crippen LogP contribution in [0.5, 0.6) is 0 Å². The van der Waals surface area contributed by atoms with Crippen LogP contribution >= 0.6 is 11.8 Å². The van der Waals surface area contributed by atoms with E-state index in [-0.39, 0.29) is 29.0 Å². The van der Waals surface area contributed by atoms with E-state index in [1.165, 1.54) is 47.5 Å². The quantitative estimate of drug-likeness (QED) is 0.541. The van der Waals surface area contributed by atoms with Crippen molar-refractivity contribution in [3.8, 4) is 0 Å². The van der Waals surface area contributed by atoms with Crippen molar-refractivity contribution in [2.75, 3.05) is 7.05 Å². The predicted octanol–water partition coefficient (Wildman–Crippen LogP) is 5.03. The van der Waals surface area contributed by atoms with Gasteiger partial charge in [-0.3, -0.25) is 9.59 Å². The molecule has 0 aliphatic heterocycles. The van der Waals surface area contributed by atoms with Crippen molar-refractivity contribution in [3.05, 3.63) is 87.6 Å². The van der Waals surface area contributed by atoms with E-state index in [2.05, 4.69) is 31.1 Å². The van der Waals surface area contributed by atoms with E-state index in [0.717, 1.165) is 9.58 Å². The largest absolute Gasteiger partial charge is 0.334 e. The molecule has 7 heteroatoms. The number of halogens is 1. The summed E-state index contributed by atoms with van der Waals surface area (Å²) in [7, 11) is 3.13. The molecule has 1 aromatic heterocycles. The first kappa shape index (κ1) is 22.7. The lowest BCUT2D eigenvalue weighted by Crippen LogP contribution is -2.32. The minimum absolute atomic E-state index is 0.161. The van der Waals surface area contributed by atoms with E-state index >= 15 is 0 Å². The Morgan fingerprint density at radius 1 is 1.03 bits per heavy atom. The fourth-order valence-corrected chi connectivity index (χ4v) is 3.92. The number of carbonyl (C=O) groups excluding carboxylic acids is 1. The van der Waals surface area contributed by atoms with Gasteiger partial charge >= 0.3 is 0 Å². The van der Waals surface area contributed by atoms with Gasteiger partial charge in [0.25, 0.3) is 11.5 Å². The normalized spacial score (nSPS) is 12.1. The van der Waals surface area contributed by atoms with Gasteiger partial charge in [0.05, 0.1) is 6.04 Å². The van der Waals surface area contributed by atoms with Crippen molar-refractivity contribution >= 4 is 17.7 Å². The summed E-state index contributed by atoms with van der Waals surface area (Å²) in [6.45, 7) is 6.10. The lowest BCUT2D eigenvalue weighted by atomic mass is 10.0. The highest BCUT2D eigenvalue weighted by Crippen LogP contribution is 2.33. The molecule has 0 aliphatic rings. The highest BCUT2D eigenvalue weighted by molar-refractivity contribution is 7.99. The molecular formula is C24H26FN3O2S. The molecule has 0 saturated carbocycles. The minimum Gasteiger partial charge on any atom is -0.334 e. The highest BCUT2D eigenvalue weighted by atomic mass is 32.2. The number of amides is 1. The molecule has 1 amide bonds. The van der Waals surface area contributed by atoms with Crippen molar-refractivity contribution in [1.29, 1.82) is 0 Å². The van der Waals surface area contributed by atoms with Gasteiger partial charge in [-0.2, -0.15) is 5.10 Å². The lowest BCUT2D eigenvalue weighted by Gasteiger charge is -2.25. The molecule has 5 nitrogen and oxygen atoms in total. The van der Waals surface area contributed by atoms with E-state index in [0.29, 0.717) is 16.4 Å². The van der Waals surface area contributed by atoms with E-state index in [9.17, 15) is 14.0 Å². The fraction of sp³-hybridized carbons (Fsp3) is 0.292. The zero-order valence-corrected chi connectivity index (χ0v) is 19.1. The van der Waals surface area contributed by atoms with Crippen LogP contribution in [0.1, 0.15) is 54.3 Å². The van der Waals surface area contributed by atoms with Crippen molar-refractivity contribution in [1.82, 2.24) is 14.7 Å². The zero-order chi connectivity index (χ0) is 22.7. The van der Waals surface area contributed by atoms with Crippen molar-refractivity contribution < 1.29 is 9.18 Å². The molecule has 0 saturated heterocycles. The molecule has 1 heterocycles. The third kappa shape index (κ3) is 5.22. The standard InChI is InChI=1S/C24H26FN3O2S/c1-15(2)17-6-9-19(10-7-17)31-22-12-8-18(14-20(22)25)16(3)27(4)24(30)21-11-13-23(29)28(5)26-21/h6-16H,1-5H3. The van der Waals surface area contributed by atoms with Crippen molar-refractivity contribution in [2.45, 2.75) is 42.5 Å². The molecule has 3 rings (SSSR count). The third-order valence-corrected chi connectivity index (χ3v) is 6.35. The Morgan fingerprint density at radius 2 is 1.68 bits per heavy atom. The van der Waals surface area contributed by atoms with E-state index in [1.807, 2.05) is 25.1 Å². The Kier molecular flexibility index (Phi) is 6.95. The third-order valence-electron chi connectivity index (χ3n) is 5.29. The summed E-state index contributed by atoms with van der Waals surface area (Å²) < 4.78 is 15.9. The molecule has 1 atom stereocenters. The van der Waals surface area contributed by atoms with Crippen LogP contribution in [0.25, 0.3) is 0 Å². The van der Waals surface area contributed by atoms with Crippen LogP contribution in [-0.4, -0.2) is 27.6 Å². The molecule has 0 bridgehead atoms. The van der Waals surface area contributed by atoms with Crippen LogP contribution in [0.2, 0.25) is 0 Å². The maximum atomic E-state index is 14.8. The van der Waals surface area contributed by atoms with Gasteiger partial charge in [-0.1, -0.05) is 43.8 Å². The van der Waals surface area contributed by atoms with Gasteiger partial charge in [0.2, 0.25) is 0 Å². The Hall–Kier alpha value is -2.93. The molecule has 2 aromatic carbocycles. The average Bonchev–Trinajstić information content (AvgIpc) is 2.75. The number of aromatic nitrogens is 2. The van der Waals surface area contributed by atoms with Gasteiger partial charge in [-0.05, 0) is 54.3 Å². The van der Waals surface area contributed by atoms with Gasteiger partial charge < -0.3 is 4.90 Å². The first-order valence-corrected chi connectivity index (χ1v) is 10.9. The SMILES string of the molecule is CC(C)c1ccc(Sc2ccc(C(C)N(C)C(=O)c3ccc(=O)n(C)n3)cc2F)cc1. The Bertz CT molecular complexity index is 1140. The summed E-state index contributed by atoms with van der Waals surface area (Å²) in [5.41, 5.74) is 1.79. The van der Waals surface area contributed by atoms with Gasteiger partial charge in [0.15, 0.2) is 0 Å². The summed E-state index contributed by atoms with van der Waals surface area (Å²) in [5, 5.41) is 4.00.